The molecule has 14 heteroatoms. The van der Waals surface area contributed by atoms with Gasteiger partial charge in [-0.05, 0) is 77.0 Å². The molecule has 12 unspecified atom stereocenters. The van der Waals surface area contributed by atoms with Crippen molar-refractivity contribution in [1.82, 2.24) is 5.32 Å². The van der Waals surface area contributed by atoms with Gasteiger partial charge in [-0.25, -0.2) is 0 Å². The van der Waals surface area contributed by atoms with Gasteiger partial charge >= 0.3 is 0 Å². The lowest BCUT2D eigenvalue weighted by Crippen LogP contribution is -2.65. The number of aliphatic hydroxyl groups is 8. The van der Waals surface area contributed by atoms with Gasteiger partial charge < -0.3 is 65.1 Å². The maximum atomic E-state index is 13.3. The second kappa shape index (κ2) is 59.9. The molecular formula is C76H135NO13. The van der Waals surface area contributed by atoms with E-state index in [0.717, 1.165) is 64.2 Å². The molecule has 1 amide bonds. The smallest absolute Gasteiger partial charge is 0.220 e. The van der Waals surface area contributed by atoms with Crippen molar-refractivity contribution in [2.45, 2.75) is 370 Å². The van der Waals surface area contributed by atoms with Crippen LogP contribution in [-0.2, 0) is 23.7 Å². The number of ether oxygens (including phenoxy) is 4. The van der Waals surface area contributed by atoms with E-state index < -0.39 is 86.8 Å². The molecule has 0 aromatic heterocycles. The highest BCUT2D eigenvalue weighted by Gasteiger charge is 2.51. The number of hydrogen-bond acceptors (Lipinski definition) is 13. The van der Waals surface area contributed by atoms with Crippen molar-refractivity contribution in [3.05, 3.63) is 85.1 Å². The molecule has 0 aliphatic carbocycles. The van der Waals surface area contributed by atoms with Gasteiger partial charge in [-0.3, -0.25) is 4.79 Å². The predicted molar refractivity (Wildman–Crippen MR) is 369 cm³/mol. The molecule has 14 nitrogen and oxygen atoms in total. The van der Waals surface area contributed by atoms with Crippen molar-refractivity contribution < 1.29 is 64.6 Å². The van der Waals surface area contributed by atoms with Crippen molar-refractivity contribution in [2.24, 2.45) is 0 Å². The zero-order chi connectivity index (χ0) is 65.2. The van der Waals surface area contributed by atoms with Gasteiger partial charge in [0.15, 0.2) is 12.6 Å². The molecule has 0 radical (unpaired) electrons. The summed E-state index contributed by atoms with van der Waals surface area (Å²) < 4.78 is 22.9. The van der Waals surface area contributed by atoms with E-state index in [4.69, 9.17) is 18.9 Å². The average molecular weight is 1270 g/mol. The van der Waals surface area contributed by atoms with Gasteiger partial charge in [0.2, 0.25) is 5.91 Å². The van der Waals surface area contributed by atoms with E-state index in [-0.39, 0.29) is 18.9 Å². The van der Waals surface area contributed by atoms with Crippen LogP contribution in [0.25, 0.3) is 0 Å². The topological polar surface area (TPSA) is 228 Å². The SMILES string of the molecule is CC/C=C\C/C=C\C/C=C\C/C=C\C/C=C\CCCCCCCCCCCCCCCCCCCC(=O)NC(COC1OC(CO)C(OC2OC(CO)C(O)C(O)C2O)C(O)C1O)C(O)/C=C/CC/C=C/CCCCCCCCCCCCCCCCCCC. The Kier molecular flexibility index (Phi) is 55.4. The molecule has 2 fully saturated rings. The van der Waals surface area contributed by atoms with Crippen LogP contribution in [0.4, 0.5) is 0 Å². The molecule has 0 aromatic rings. The third-order valence-corrected chi connectivity index (χ3v) is 17.6. The molecule has 522 valence electrons. The summed E-state index contributed by atoms with van der Waals surface area (Å²) >= 11 is 0. The number of amides is 1. The summed E-state index contributed by atoms with van der Waals surface area (Å²) in [6.45, 7) is 2.70. The predicted octanol–water partition coefficient (Wildman–Crippen LogP) is 15.6. The van der Waals surface area contributed by atoms with Crippen molar-refractivity contribution in [3.63, 3.8) is 0 Å². The number of rotatable bonds is 60. The fourth-order valence-corrected chi connectivity index (χ4v) is 11.7. The lowest BCUT2D eigenvalue weighted by Gasteiger charge is -2.46. The minimum Gasteiger partial charge on any atom is -0.394 e. The van der Waals surface area contributed by atoms with Crippen molar-refractivity contribution in [1.29, 1.82) is 0 Å². The Morgan fingerprint density at radius 2 is 0.778 bits per heavy atom. The Bertz CT molecular complexity index is 1830. The second-order valence-electron chi connectivity index (χ2n) is 25.7. The number of aliphatic hydroxyl groups excluding tert-OH is 8. The van der Waals surface area contributed by atoms with E-state index in [0.29, 0.717) is 12.8 Å². The molecule has 0 aromatic carbocycles. The Hall–Kier alpha value is -2.83. The molecule has 2 heterocycles. The summed E-state index contributed by atoms with van der Waals surface area (Å²) in [5.41, 5.74) is 0. The molecular weight excluding hydrogens is 1130 g/mol. The van der Waals surface area contributed by atoms with Crippen LogP contribution in [-0.4, -0.2) is 140 Å². The maximum Gasteiger partial charge on any atom is 0.220 e. The zero-order valence-corrected chi connectivity index (χ0v) is 56.9. The molecule has 2 aliphatic rings. The van der Waals surface area contributed by atoms with Gasteiger partial charge in [-0.1, -0.05) is 298 Å². The average Bonchev–Trinajstić information content (AvgIpc) is 1.41. The first kappa shape index (κ1) is 83.3. The fourth-order valence-electron chi connectivity index (χ4n) is 11.7. The van der Waals surface area contributed by atoms with Crippen LogP contribution in [0.3, 0.4) is 0 Å². The van der Waals surface area contributed by atoms with Crippen LogP contribution in [0.5, 0.6) is 0 Å². The van der Waals surface area contributed by atoms with E-state index in [1.54, 1.807) is 6.08 Å². The summed E-state index contributed by atoms with van der Waals surface area (Å²) in [6.07, 6.45) is 66.4. The Morgan fingerprint density at radius 1 is 0.411 bits per heavy atom. The first-order chi connectivity index (χ1) is 44.1. The third kappa shape index (κ3) is 43.2. The van der Waals surface area contributed by atoms with Crippen LogP contribution in [0.1, 0.15) is 296 Å². The van der Waals surface area contributed by atoms with Gasteiger partial charge in [0.25, 0.3) is 0 Å². The number of carbonyl (C=O) groups is 1. The largest absolute Gasteiger partial charge is 0.394 e. The monoisotopic (exact) mass is 1270 g/mol. The van der Waals surface area contributed by atoms with E-state index in [9.17, 15) is 45.6 Å². The Labute approximate surface area is 548 Å². The van der Waals surface area contributed by atoms with Crippen LogP contribution < -0.4 is 5.32 Å². The van der Waals surface area contributed by atoms with E-state index in [1.165, 1.54) is 199 Å². The van der Waals surface area contributed by atoms with Gasteiger partial charge in [0.1, 0.15) is 48.8 Å². The standard InChI is InChI=1S/C76H135NO13/c1-3-5-7-9-11-13-15-17-19-21-23-25-27-28-29-30-31-32-33-34-35-36-38-40-42-44-46-48-50-52-54-56-58-60-68(81)77-64(63-87-75-73(86)71(84)74(67(62-79)89-75)90-76-72(85)70(83)69(82)66(61-78)88-76)65(80)59-57-55-53-51-49-47-45-43-41-39-37-26-24-22-20-18-16-14-12-10-8-6-4-2/h5,7,11,13,17,19,23,25,28-29,49,51,57,59,64-67,69-76,78-80,82-86H,3-4,6,8-10,12,14-16,18,20-22,24,26-27,30-48,50,52-56,58,60-63H2,1-2H3,(H,77,81)/b7-5-,13-11-,19-17-,25-23-,29-28-,51-49+,59-57+. The number of nitrogens with one attached hydrogen (secondary N) is 1. The van der Waals surface area contributed by atoms with Crippen LogP contribution in [0.15, 0.2) is 85.1 Å². The van der Waals surface area contributed by atoms with E-state index in [2.05, 4.69) is 92.1 Å². The molecule has 12 atom stereocenters. The Balaban J connectivity index is 1.66. The second-order valence-corrected chi connectivity index (χ2v) is 25.7. The highest BCUT2D eigenvalue weighted by atomic mass is 16.7. The van der Waals surface area contributed by atoms with Gasteiger partial charge in [-0.15, -0.1) is 0 Å². The van der Waals surface area contributed by atoms with Crippen LogP contribution >= 0.6 is 0 Å². The summed E-state index contributed by atoms with van der Waals surface area (Å²) in [4.78, 5) is 13.3. The first-order valence-corrected chi connectivity index (χ1v) is 36.8. The lowest BCUT2D eigenvalue weighted by molar-refractivity contribution is -0.359. The summed E-state index contributed by atoms with van der Waals surface area (Å²) in [5, 5.41) is 87.5. The van der Waals surface area contributed by atoms with Gasteiger partial charge in [-0.2, -0.15) is 0 Å². The highest BCUT2D eigenvalue weighted by Crippen LogP contribution is 2.30. The minimum atomic E-state index is -1.79. The maximum absolute atomic E-state index is 13.3. The van der Waals surface area contributed by atoms with Gasteiger partial charge in [0.05, 0.1) is 32.0 Å². The van der Waals surface area contributed by atoms with E-state index >= 15 is 0 Å². The quantitative estimate of drug-likeness (QED) is 0.0204. The summed E-state index contributed by atoms with van der Waals surface area (Å²) in [7, 11) is 0. The molecule has 0 spiro atoms. The molecule has 2 saturated heterocycles. The summed E-state index contributed by atoms with van der Waals surface area (Å²) in [6, 6.07) is -0.936. The zero-order valence-electron chi connectivity index (χ0n) is 56.9. The summed E-state index contributed by atoms with van der Waals surface area (Å²) in [5.74, 6) is -0.247. The first-order valence-electron chi connectivity index (χ1n) is 36.8. The van der Waals surface area contributed by atoms with Gasteiger partial charge in [0, 0.05) is 6.42 Å². The van der Waals surface area contributed by atoms with Crippen LogP contribution in [0, 0.1) is 0 Å². The molecule has 2 rings (SSSR count). The normalized spacial score (nSPS) is 23.4. The molecule has 90 heavy (non-hydrogen) atoms. The lowest BCUT2D eigenvalue weighted by atomic mass is 9.97. The van der Waals surface area contributed by atoms with Crippen molar-refractivity contribution >= 4 is 5.91 Å². The Morgan fingerprint density at radius 3 is 1.22 bits per heavy atom. The molecule has 2 aliphatic heterocycles. The number of allylic oxidation sites excluding steroid dienone is 13. The molecule has 9 N–H and O–H groups in total. The molecule has 0 saturated carbocycles. The van der Waals surface area contributed by atoms with Crippen molar-refractivity contribution in [2.75, 3.05) is 19.8 Å². The number of carbonyl (C=O) groups excluding carboxylic acids is 1. The van der Waals surface area contributed by atoms with E-state index in [1.807, 2.05) is 6.08 Å². The highest BCUT2D eigenvalue weighted by molar-refractivity contribution is 5.76. The number of unbranched alkanes of at least 4 members (excludes halogenated alkanes) is 35. The number of hydrogen-bond donors (Lipinski definition) is 9. The van der Waals surface area contributed by atoms with Crippen LogP contribution in [0.2, 0.25) is 0 Å². The minimum absolute atomic E-state index is 0.247. The molecule has 0 bridgehead atoms. The fraction of sp³-hybridized carbons (Fsp3) is 0.803. The third-order valence-electron chi connectivity index (χ3n) is 17.6. The van der Waals surface area contributed by atoms with Crippen molar-refractivity contribution in [3.8, 4) is 0 Å².